The van der Waals surface area contributed by atoms with Gasteiger partial charge in [-0.2, -0.15) is 14.0 Å². The zero-order valence-electron chi connectivity index (χ0n) is 12.6. The van der Waals surface area contributed by atoms with Crippen molar-refractivity contribution in [1.29, 1.82) is 5.26 Å². The van der Waals surface area contributed by atoms with Crippen molar-refractivity contribution in [2.45, 2.75) is 18.6 Å². The van der Waals surface area contributed by atoms with E-state index in [2.05, 4.69) is 21.4 Å². The highest BCUT2D eigenvalue weighted by atomic mass is 32.1. The summed E-state index contributed by atoms with van der Waals surface area (Å²) in [6, 6.07) is 8.08. The average molecular weight is 362 g/mol. The first kappa shape index (κ1) is 16.7. The van der Waals surface area contributed by atoms with Crippen molar-refractivity contribution in [3.63, 3.8) is 0 Å². The third-order valence-electron chi connectivity index (χ3n) is 3.61. The highest BCUT2D eigenvalue weighted by Crippen LogP contribution is 2.39. The maximum absolute atomic E-state index is 13.8. The SMILES string of the molecule is CC(Nc1ncnc2c(C#N)csc12)c1ccccc1C(F)(F)P. The molecule has 0 aliphatic carbocycles. The second kappa shape index (κ2) is 6.39. The summed E-state index contributed by atoms with van der Waals surface area (Å²) in [6.07, 6.45) is 1.36. The van der Waals surface area contributed by atoms with E-state index >= 15 is 0 Å². The first-order chi connectivity index (χ1) is 11.4. The Morgan fingerprint density at radius 3 is 2.79 bits per heavy atom. The lowest BCUT2D eigenvalue weighted by Crippen LogP contribution is -2.14. The van der Waals surface area contributed by atoms with Gasteiger partial charge in [-0.15, -0.1) is 11.3 Å². The fraction of sp³-hybridized carbons (Fsp3) is 0.188. The molecule has 122 valence electrons. The van der Waals surface area contributed by atoms with Gasteiger partial charge in [-0.3, -0.25) is 0 Å². The fourth-order valence-corrected chi connectivity index (χ4v) is 3.65. The van der Waals surface area contributed by atoms with Gasteiger partial charge in [-0.25, -0.2) is 9.97 Å². The molecule has 0 amide bonds. The molecule has 2 aromatic heterocycles. The van der Waals surface area contributed by atoms with Crippen molar-refractivity contribution >= 4 is 36.6 Å². The Hall–Kier alpha value is -2.16. The number of benzene rings is 1. The van der Waals surface area contributed by atoms with Gasteiger partial charge >= 0.3 is 0 Å². The number of nitriles is 1. The molecular formula is C16H13F2N4PS. The number of nitrogens with one attached hydrogen (secondary N) is 1. The molecule has 0 aliphatic rings. The van der Waals surface area contributed by atoms with Gasteiger partial charge in [0.15, 0.2) is 0 Å². The molecule has 2 atom stereocenters. The minimum absolute atomic E-state index is 0.0517. The fourth-order valence-electron chi connectivity index (χ4n) is 2.49. The Morgan fingerprint density at radius 2 is 2.08 bits per heavy atom. The molecular weight excluding hydrogens is 349 g/mol. The van der Waals surface area contributed by atoms with Gasteiger partial charge in [0.05, 0.1) is 16.3 Å². The van der Waals surface area contributed by atoms with Gasteiger partial charge in [0, 0.05) is 10.9 Å². The monoisotopic (exact) mass is 362 g/mol. The molecule has 0 fully saturated rings. The summed E-state index contributed by atoms with van der Waals surface area (Å²) in [4.78, 5) is 8.32. The van der Waals surface area contributed by atoms with Crippen LogP contribution in [0.5, 0.6) is 0 Å². The van der Waals surface area contributed by atoms with Crippen LogP contribution in [-0.2, 0) is 5.66 Å². The summed E-state index contributed by atoms with van der Waals surface area (Å²) in [5, 5.41) is 14.0. The molecule has 4 nitrogen and oxygen atoms in total. The number of halogens is 2. The predicted octanol–water partition coefficient (Wildman–Crippen LogP) is 4.66. The topological polar surface area (TPSA) is 61.6 Å². The van der Waals surface area contributed by atoms with Crippen LogP contribution >= 0.6 is 20.6 Å². The maximum atomic E-state index is 13.8. The largest absolute Gasteiger partial charge is 0.362 e. The molecule has 0 saturated carbocycles. The number of fused-ring (bicyclic) bond motifs is 1. The number of aromatic nitrogens is 2. The van der Waals surface area contributed by atoms with E-state index in [0.29, 0.717) is 22.5 Å². The molecule has 2 unspecified atom stereocenters. The summed E-state index contributed by atoms with van der Waals surface area (Å²) >= 11 is 1.35. The average Bonchev–Trinajstić information content (AvgIpc) is 2.98. The lowest BCUT2D eigenvalue weighted by molar-refractivity contribution is 0.102. The number of rotatable bonds is 4. The Morgan fingerprint density at radius 1 is 1.33 bits per heavy atom. The standard InChI is InChI=1S/C16H13F2N4PS/c1-9(11-4-2-3-5-12(11)16(17,18)23)22-15-14-13(20-8-21-15)10(6-19)7-24-14/h2-5,7-9H,23H2,1H3,(H,20,21,22). The van der Waals surface area contributed by atoms with Crippen molar-refractivity contribution in [2.75, 3.05) is 5.32 Å². The number of alkyl halides is 2. The molecule has 3 aromatic rings. The highest BCUT2D eigenvalue weighted by Gasteiger charge is 2.29. The second-order valence-electron chi connectivity index (χ2n) is 5.24. The van der Waals surface area contributed by atoms with Crippen LogP contribution < -0.4 is 5.32 Å². The molecule has 0 bridgehead atoms. The Kier molecular flexibility index (Phi) is 4.44. The van der Waals surface area contributed by atoms with Crippen LogP contribution in [0.2, 0.25) is 0 Å². The minimum Gasteiger partial charge on any atom is -0.362 e. The van der Waals surface area contributed by atoms with E-state index in [0.717, 1.165) is 4.70 Å². The molecule has 0 aliphatic heterocycles. The van der Waals surface area contributed by atoms with Crippen LogP contribution in [0.4, 0.5) is 14.6 Å². The molecule has 0 saturated heterocycles. The number of nitrogens with zero attached hydrogens (tertiary/aromatic N) is 3. The lowest BCUT2D eigenvalue weighted by Gasteiger charge is -2.21. The van der Waals surface area contributed by atoms with Crippen molar-refractivity contribution in [3.05, 3.63) is 52.7 Å². The van der Waals surface area contributed by atoms with Gasteiger partial charge in [-0.1, -0.05) is 33.5 Å². The molecule has 2 heterocycles. The Labute approximate surface area is 143 Å². The predicted molar refractivity (Wildman–Crippen MR) is 94.2 cm³/mol. The molecule has 0 radical (unpaired) electrons. The molecule has 1 N–H and O–H groups in total. The van der Waals surface area contributed by atoms with E-state index in [4.69, 9.17) is 5.26 Å². The van der Waals surface area contributed by atoms with Crippen molar-refractivity contribution in [2.24, 2.45) is 0 Å². The summed E-state index contributed by atoms with van der Waals surface area (Å²) < 4.78 is 28.3. The van der Waals surface area contributed by atoms with E-state index in [1.807, 2.05) is 0 Å². The molecule has 24 heavy (non-hydrogen) atoms. The minimum atomic E-state index is -3.01. The number of thiophene rings is 1. The molecule has 0 spiro atoms. The first-order valence-corrected chi connectivity index (χ1v) is 8.52. The summed E-state index contributed by atoms with van der Waals surface area (Å²) in [6.45, 7) is 1.79. The quantitative estimate of drug-likeness (QED) is 0.686. The van der Waals surface area contributed by atoms with Gasteiger partial charge in [-0.05, 0) is 12.5 Å². The van der Waals surface area contributed by atoms with Gasteiger partial charge in [0.25, 0.3) is 5.66 Å². The lowest BCUT2D eigenvalue weighted by atomic mass is 10.0. The Balaban J connectivity index is 1.99. The zero-order chi connectivity index (χ0) is 17.3. The van der Waals surface area contributed by atoms with Crippen LogP contribution in [0.3, 0.4) is 0 Å². The van der Waals surface area contributed by atoms with E-state index in [1.54, 1.807) is 39.7 Å². The second-order valence-corrected chi connectivity index (χ2v) is 6.84. The number of anilines is 1. The first-order valence-electron chi connectivity index (χ1n) is 7.06. The van der Waals surface area contributed by atoms with E-state index in [-0.39, 0.29) is 5.56 Å². The third kappa shape index (κ3) is 3.08. The Bertz CT molecular complexity index is 930. The van der Waals surface area contributed by atoms with Crippen LogP contribution in [0.15, 0.2) is 36.0 Å². The van der Waals surface area contributed by atoms with E-state index in [1.165, 1.54) is 23.7 Å². The normalized spacial score (nSPS) is 12.8. The summed E-state index contributed by atoms with van der Waals surface area (Å²) in [5.74, 6) is 0.529. The van der Waals surface area contributed by atoms with Crippen LogP contribution in [0, 0.1) is 11.3 Å². The summed E-state index contributed by atoms with van der Waals surface area (Å²) in [7, 11) is 1.57. The van der Waals surface area contributed by atoms with Crippen molar-refractivity contribution in [1.82, 2.24) is 9.97 Å². The highest BCUT2D eigenvalue weighted by molar-refractivity contribution is 7.18. The smallest absolute Gasteiger partial charge is 0.284 e. The maximum Gasteiger partial charge on any atom is 0.284 e. The van der Waals surface area contributed by atoms with Gasteiger partial charge in [0.1, 0.15) is 23.7 Å². The van der Waals surface area contributed by atoms with Crippen LogP contribution in [-0.4, -0.2) is 9.97 Å². The number of hydrogen-bond donors (Lipinski definition) is 1. The van der Waals surface area contributed by atoms with Crippen molar-refractivity contribution in [3.8, 4) is 6.07 Å². The molecule has 3 rings (SSSR count). The number of hydrogen-bond acceptors (Lipinski definition) is 5. The van der Waals surface area contributed by atoms with Gasteiger partial charge < -0.3 is 5.32 Å². The van der Waals surface area contributed by atoms with E-state index in [9.17, 15) is 8.78 Å². The summed E-state index contributed by atoms with van der Waals surface area (Å²) in [5.41, 5.74) is -1.53. The molecule has 1 aromatic carbocycles. The van der Waals surface area contributed by atoms with Crippen molar-refractivity contribution < 1.29 is 8.78 Å². The van der Waals surface area contributed by atoms with Gasteiger partial charge in [0.2, 0.25) is 0 Å². The molecule has 8 heteroatoms. The zero-order valence-corrected chi connectivity index (χ0v) is 14.6. The van der Waals surface area contributed by atoms with Crippen LogP contribution in [0.1, 0.15) is 29.7 Å². The third-order valence-corrected chi connectivity index (χ3v) is 4.90. The van der Waals surface area contributed by atoms with E-state index < -0.39 is 11.7 Å². The van der Waals surface area contributed by atoms with Crippen LogP contribution in [0.25, 0.3) is 10.2 Å².